The third-order valence-corrected chi connectivity index (χ3v) is 14.0. The highest BCUT2D eigenvalue weighted by atomic mass is 32.2. The van der Waals surface area contributed by atoms with Crippen LogP contribution in [0, 0.1) is 52.3 Å². The highest BCUT2D eigenvalue weighted by molar-refractivity contribution is 7.90. The Bertz CT molecular complexity index is 1470. The Balaban J connectivity index is 1.12. The van der Waals surface area contributed by atoms with Crippen LogP contribution in [0.4, 0.5) is 4.79 Å². The second kappa shape index (κ2) is 11.3. The predicted molar refractivity (Wildman–Crippen MR) is 164 cm³/mol. The highest BCUT2D eigenvalue weighted by Crippen LogP contribution is 2.69. The van der Waals surface area contributed by atoms with Crippen LogP contribution in [0.25, 0.3) is 10.9 Å². The van der Waals surface area contributed by atoms with Crippen LogP contribution >= 0.6 is 0 Å². The smallest absolute Gasteiger partial charge is 0.421 e. The number of amides is 1. The predicted octanol–water partition coefficient (Wildman–Crippen LogP) is 5.91. The third-order valence-electron chi connectivity index (χ3n) is 12.7. The van der Waals surface area contributed by atoms with Gasteiger partial charge in [-0.1, -0.05) is 40.2 Å². The van der Waals surface area contributed by atoms with Crippen LogP contribution in [-0.2, 0) is 14.8 Å². The Morgan fingerprint density at radius 3 is 2.58 bits per heavy atom. The third kappa shape index (κ3) is 5.17. The zero-order valence-electron chi connectivity index (χ0n) is 25.9. The van der Waals surface area contributed by atoms with E-state index in [0.29, 0.717) is 34.6 Å². The molecule has 4 fully saturated rings. The van der Waals surface area contributed by atoms with Crippen LogP contribution in [0.5, 0.6) is 0 Å². The SMILES string of the molecule is CC[C@H]1[C@@H](O)[C@@H]2[C@H](CC[C@]3(C)[C@@H]([C@H](C)COC(=O)NS(=O)(=O)c4ccc5ncccc5c4)CC[C@@H]23)[C@@]2(C)CC[C@@H](O)C[C@@H]12. The van der Waals surface area contributed by atoms with Crippen LogP contribution < -0.4 is 4.72 Å². The van der Waals surface area contributed by atoms with Crippen molar-refractivity contribution < 1.29 is 28.2 Å². The van der Waals surface area contributed by atoms with E-state index >= 15 is 0 Å². The van der Waals surface area contributed by atoms with Crippen LogP contribution in [0.15, 0.2) is 41.4 Å². The summed E-state index contributed by atoms with van der Waals surface area (Å²) in [6, 6.07) is 8.06. The molecular formula is C34H48N2O6S. The van der Waals surface area contributed by atoms with Crippen molar-refractivity contribution in [3.8, 4) is 0 Å². The average Bonchev–Trinajstić information content (AvgIpc) is 3.33. The molecular weight excluding hydrogens is 564 g/mol. The molecule has 236 valence electrons. The number of rotatable bonds is 6. The summed E-state index contributed by atoms with van der Waals surface area (Å²) in [6.07, 6.45) is 7.95. The van der Waals surface area contributed by atoms with Crippen molar-refractivity contribution in [1.29, 1.82) is 0 Å². The van der Waals surface area contributed by atoms with Gasteiger partial charge < -0.3 is 14.9 Å². The number of carbonyl (C=O) groups is 1. The van der Waals surface area contributed by atoms with Crippen LogP contribution in [0.3, 0.4) is 0 Å². The lowest BCUT2D eigenvalue weighted by Gasteiger charge is -2.64. The van der Waals surface area contributed by atoms with Gasteiger partial charge in [0, 0.05) is 11.6 Å². The van der Waals surface area contributed by atoms with E-state index in [0.717, 1.165) is 51.4 Å². The van der Waals surface area contributed by atoms with Crippen LogP contribution in [0.1, 0.15) is 79.1 Å². The molecule has 0 unspecified atom stereocenters. The van der Waals surface area contributed by atoms with E-state index < -0.39 is 16.1 Å². The molecule has 4 aliphatic rings. The number of sulfonamides is 1. The Morgan fingerprint density at radius 2 is 1.81 bits per heavy atom. The van der Waals surface area contributed by atoms with Gasteiger partial charge in [0.2, 0.25) is 0 Å². The van der Waals surface area contributed by atoms with Gasteiger partial charge in [-0.3, -0.25) is 4.98 Å². The number of aromatic nitrogens is 1. The lowest BCUT2D eigenvalue weighted by molar-refractivity contribution is -0.203. The van der Waals surface area contributed by atoms with Crippen molar-refractivity contribution in [3.63, 3.8) is 0 Å². The van der Waals surface area contributed by atoms with Gasteiger partial charge in [-0.2, -0.15) is 0 Å². The molecule has 2 aromatic rings. The molecule has 1 heterocycles. The largest absolute Gasteiger partial charge is 0.449 e. The number of nitrogens with one attached hydrogen (secondary N) is 1. The number of pyridine rings is 1. The fourth-order valence-electron chi connectivity index (χ4n) is 10.7. The molecule has 8 nitrogen and oxygen atoms in total. The Labute approximate surface area is 256 Å². The van der Waals surface area contributed by atoms with Gasteiger partial charge in [0.15, 0.2) is 0 Å². The summed E-state index contributed by atoms with van der Waals surface area (Å²) in [5.41, 5.74) is 0.860. The summed E-state index contributed by atoms with van der Waals surface area (Å²) in [5.74, 6) is 2.09. The lowest BCUT2D eigenvalue weighted by Crippen LogP contribution is -2.62. The number of fused-ring (bicyclic) bond motifs is 6. The van der Waals surface area contributed by atoms with Crippen LogP contribution in [0.2, 0.25) is 0 Å². The fourth-order valence-corrected chi connectivity index (χ4v) is 11.6. The van der Waals surface area contributed by atoms with E-state index in [9.17, 15) is 23.4 Å². The first-order valence-corrected chi connectivity index (χ1v) is 17.8. The van der Waals surface area contributed by atoms with E-state index in [-0.39, 0.29) is 52.3 Å². The van der Waals surface area contributed by atoms with Gasteiger partial charge in [0.1, 0.15) is 0 Å². The Morgan fingerprint density at radius 1 is 1.07 bits per heavy atom. The van der Waals surface area contributed by atoms with Crippen molar-refractivity contribution in [2.75, 3.05) is 6.61 Å². The first-order valence-electron chi connectivity index (χ1n) is 16.3. The molecule has 9 heteroatoms. The molecule has 0 bridgehead atoms. The second-order valence-electron chi connectivity index (χ2n) is 14.7. The maximum Gasteiger partial charge on any atom is 0.421 e. The number of carbonyl (C=O) groups excluding carboxylic acids is 1. The summed E-state index contributed by atoms with van der Waals surface area (Å²) in [6.45, 7) is 9.27. The molecule has 0 spiro atoms. The fraction of sp³-hybridized carbons (Fsp3) is 0.706. The van der Waals surface area contributed by atoms with Crippen molar-refractivity contribution in [1.82, 2.24) is 9.71 Å². The number of ether oxygens (including phenoxy) is 1. The lowest BCUT2D eigenvalue weighted by atomic mass is 9.41. The molecule has 3 N–H and O–H groups in total. The summed E-state index contributed by atoms with van der Waals surface area (Å²) in [4.78, 5) is 16.9. The summed E-state index contributed by atoms with van der Waals surface area (Å²) < 4.78 is 33.4. The minimum absolute atomic E-state index is 0.0132. The molecule has 4 aliphatic carbocycles. The standard InChI is InChI=1S/C34H48N2O6S/c1-5-24-28-18-22(37)12-14-34(28,4)27-13-15-33(3)25(9-10-26(33)30(27)31(24)38)20(2)19-42-32(39)36-43(40,41)23-8-11-29-21(17-23)7-6-16-35-29/h6-8,11,16-17,20,22,24-28,30-31,37-38H,5,9-10,12-15,18-19H2,1-4H3,(H,36,39)/t20-,22-,24-,25-,26+,27+,28+,30+,31-,33-,34-/m1/s1. The van der Waals surface area contributed by atoms with E-state index in [1.54, 1.807) is 24.4 Å². The summed E-state index contributed by atoms with van der Waals surface area (Å²) in [5, 5.41) is 23.1. The minimum atomic E-state index is -4.09. The van der Waals surface area contributed by atoms with Gasteiger partial charge in [-0.15, -0.1) is 0 Å². The molecule has 11 atom stereocenters. The monoisotopic (exact) mass is 612 g/mol. The van der Waals surface area contributed by atoms with E-state index in [2.05, 4.69) is 37.4 Å². The van der Waals surface area contributed by atoms with E-state index in [4.69, 9.17) is 4.74 Å². The van der Waals surface area contributed by atoms with E-state index in [1.165, 1.54) is 12.1 Å². The molecule has 0 saturated heterocycles. The quantitative estimate of drug-likeness (QED) is 0.370. The number of hydrogen-bond acceptors (Lipinski definition) is 7. The number of nitrogens with zero attached hydrogens (tertiary/aromatic N) is 1. The maximum atomic E-state index is 12.9. The van der Waals surface area contributed by atoms with E-state index in [1.807, 2.05) is 0 Å². The molecule has 6 rings (SSSR count). The van der Waals surface area contributed by atoms with Gasteiger partial charge in [0.25, 0.3) is 10.0 Å². The molecule has 1 amide bonds. The average molecular weight is 613 g/mol. The van der Waals surface area contributed by atoms with Crippen molar-refractivity contribution in [2.45, 2.75) is 96.2 Å². The summed E-state index contributed by atoms with van der Waals surface area (Å²) >= 11 is 0. The Kier molecular flexibility index (Phi) is 8.08. The number of aliphatic hydroxyl groups excluding tert-OH is 2. The summed E-state index contributed by atoms with van der Waals surface area (Å²) in [7, 11) is -4.09. The molecule has 0 aliphatic heterocycles. The van der Waals surface area contributed by atoms with Gasteiger partial charge in [0.05, 0.1) is 29.2 Å². The molecule has 43 heavy (non-hydrogen) atoms. The highest BCUT2D eigenvalue weighted by Gasteiger charge is 2.64. The maximum absolute atomic E-state index is 12.9. The van der Waals surface area contributed by atoms with Gasteiger partial charge in [-0.05, 0) is 121 Å². The molecule has 0 radical (unpaired) electrons. The molecule has 4 saturated carbocycles. The van der Waals surface area contributed by atoms with Crippen LogP contribution in [-0.4, -0.2) is 48.5 Å². The second-order valence-corrected chi connectivity index (χ2v) is 16.3. The first-order chi connectivity index (χ1) is 20.4. The zero-order valence-corrected chi connectivity index (χ0v) is 26.7. The van der Waals surface area contributed by atoms with Gasteiger partial charge in [-0.25, -0.2) is 17.9 Å². The molecule has 1 aromatic heterocycles. The minimum Gasteiger partial charge on any atom is -0.449 e. The van der Waals surface area contributed by atoms with Crippen molar-refractivity contribution in [2.24, 2.45) is 52.3 Å². The Hall–Kier alpha value is -2.23. The first kappa shape index (κ1) is 30.8. The van der Waals surface area contributed by atoms with Crippen molar-refractivity contribution in [3.05, 3.63) is 36.5 Å². The topological polar surface area (TPSA) is 126 Å². The number of benzene rings is 1. The number of hydrogen-bond donors (Lipinski definition) is 3. The molecule has 1 aromatic carbocycles. The van der Waals surface area contributed by atoms with Crippen molar-refractivity contribution >= 4 is 27.0 Å². The zero-order chi connectivity index (χ0) is 30.7. The normalized spacial score (nSPS) is 39.8. The van der Waals surface area contributed by atoms with Gasteiger partial charge >= 0.3 is 6.09 Å². The number of aliphatic hydroxyl groups is 2.